The summed E-state index contributed by atoms with van der Waals surface area (Å²) < 4.78 is 5.60. The molecule has 6 nitrogen and oxygen atoms in total. The monoisotopic (exact) mass is 462 g/mol. The standard InChI is InChI=1S/C25H34O6S/c1-14(27)31-13-25-9-6-17(29)10-16(25)11-22(32-15(2)28)23-19-5-4-18(21(30)12-26)24(19,3)8-7-20(23)25/h10,18-20,22-23,26H,4-9,11-13H2,1-3H3/t18-,19+,20+,22-,23+,24-,25-/m1/s1. The highest BCUT2D eigenvalue weighted by molar-refractivity contribution is 8.14. The van der Waals surface area contributed by atoms with Crippen LogP contribution in [-0.2, 0) is 23.9 Å². The van der Waals surface area contributed by atoms with Gasteiger partial charge >= 0.3 is 5.97 Å². The molecule has 0 unspecified atom stereocenters. The van der Waals surface area contributed by atoms with Crippen LogP contribution in [0, 0.1) is 34.5 Å². The zero-order valence-electron chi connectivity index (χ0n) is 19.2. The molecule has 32 heavy (non-hydrogen) atoms. The Morgan fingerprint density at radius 3 is 2.56 bits per heavy atom. The van der Waals surface area contributed by atoms with E-state index in [0.29, 0.717) is 19.3 Å². The molecule has 0 aromatic rings. The average Bonchev–Trinajstić information content (AvgIpc) is 3.08. The summed E-state index contributed by atoms with van der Waals surface area (Å²) in [5.41, 5.74) is 0.489. The van der Waals surface area contributed by atoms with Crippen molar-refractivity contribution in [2.45, 2.75) is 71.0 Å². The molecule has 0 amide bonds. The predicted molar refractivity (Wildman–Crippen MR) is 121 cm³/mol. The molecule has 0 heterocycles. The third kappa shape index (κ3) is 3.79. The molecule has 4 aliphatic carbocycles. The van der Waals surface area contributed by atoms with Crippen molar-refractivity contribution in [2.24, 2.45) is 34.5 Å². The highest BCUT2D eigenvalue weighted by Gasteiger charge is 2.63. The number of thioether (sulfide) groups is 1. The van der Waals surface area contributed by atoms with Gasteiger partial charge in [-0.25, -0.2) is 0 Å². The lowest BCUT2D eigenvalue weighted by atomic mass is 9.46. The average molecular weight is 463 g/mol. The van der Waals surface area contributed by atoms with Crippen molar-refractivity contribution in [2.75, 3.05) is 13.2 Å². The van der Waals surface area contributed by atoms with Gasteiger partial charge in [-0.1, -0.05) is 24.3 Å². The summed E-state index contributed by atoms with van der Waals surface area (Å²) in [4.78, 5) is 48.9. The van der Waals surface area contributed by atoms with Gasteiger partial charge in [0.1, 0.15) is 13.2 Å². The van der Waals surface area contributed by atoms with Crippen LogP contribution in [0.1, 0.15) is 65.7 Å². The van der Waals surface area contributed by atoms with E-state index in [9.17, 15) is 24.3 Å². The number of hydrogen-bond acceptors (Lipinski definition) is 7. The van der Waals surface area contributed by atoms with Crippen LogP contribution in [0.15, 0.2) is 11.6 Å². The lowest BCUT2D eigenvalue weighted by Crippen LogP contribution is -2.57. The van der Waals surface area contributed by atoms with E-state index < -0.39 is 6.61 Å². The molecule has 3 saturated carbocycles. The Hall–Kier alpha value is -1.47. The SMILES string of the molecule is CC(=O)OC[C@]12CCC(=O)C=C1C[C@@H](SC(C)=O)[C@@H]1[C@@H]2CC[C@]2(C)[C@@H](C(=O)CO)CC[C@@H]12. The summed E-state index contributed by atoms with van der Waals surface area (Å²) in [7, 11) is 0. The van der Waals surface area contributed by atoms with E-state index in [0.717, 1.165) is 31.3 Å². The number of fused-ring (bicyclic) bond motifs is 5. The largest absolute Gasteiger partial charge is 0.465 e. The number of carbonyl (C=O) groups is 4. The maximum absolute atomic E-state index is 12.6. The molecule has 7 heteroatoms. The Bertz CT molecular complexity index is 864. The Kier molecular flexibility index (Phi) is 6.45. The zero-order valence-corrected chi connectivity index (χ0v) is 20.0. The molecule has 0 aromatic carbocycles. The molecule has 0 radical (unpaired) electrons. The van der Waals surface area contributed by atoms with E-state index in [1.54, 1.807) is 13.0 Å². The van der Waals surface area contributed by atoms with E-state index in [4.69, 9.17) is 4.74 Å². The van der Waals surface area contributed by atoms with Crippen molar-refractivity contribution in [3.05, 3.63) is 11.6 Å². The first-order valence-electron chi connectivity index (χ1n) is 11.8. The van der Waals surface area contributed by atoms with E-state index in [1.165, 1.54) is 18.7 Å². The highest BCUT2D eigenvalue weighted by Crippen LogP contribution is 2.68. The van der Waals surface area contributed by atoms with Gasteiger partial charge in [0.15, 0.2) is 16.7 Å². The molecule has 4 aliphatic rings. The van der Waals surface area contributed by atoms with Crippen LogP contribution in [0.25, 0.3) is 0 Å². The smallest absolute Gasteiger partial charge is 0.302 e. The number of aliphatic hydroxyl groups is 1. The Morgan fingerprint density at radius 2 is 1.91 bits per heavy atom. The van der Waals surface area contributed by atoms with E-state index in [1.807, 2.05) is 0 Å². The number of ketones is 2. The quantitative estimate of drug-likeness (QED) is 0.625. The van der Waals surface area contributed by atoms with Gasteiger partial charge in [-0.2, -0.15) is 0 Å². The number of rotatable bonds is 5. The lowest BCUT2D eigenvalue weighted by molar-refractivity contribution is -0.150. The number of ether oxygens (including phenoxy) is 1. The van der Waals surface area contributed by atoms with Gasteiger partial charge in [0.25, 0.3) is 0 Å². The molecule has 7 atom stereocenters. The topological polar surface area (TPSA) is 97.7 Å². The lowest BCUT2D eigenvalue weighted by Gasteiger charge is -2.60. The van der Waals surface area contributed by atoms with Gasteiger partial charge in [-0.3, -0.25) is 19.2 Å². The van der Waals surface area contributed by atoms with Crippen molar-refractivity contribution in [1.29, 1.82) is 0 Å². The van der Waals surface area contributed by atoms with Gasteiger partial charge in [-0.15, -0.1) is 0 Å². The predicted octanol–water partition coefficient (Wildman–Crippen LogP) is 3.50. The fourth-order valence-electron chi connectivity index (χ4n) is 7.79. The number of esters is 1. The third-order valence-corrected chi connectivity index (χ3v) is 10.2. The summed E-state index contributed by atoms with van der Waals surface area (Å²) in [6.45, 7) is 5.07. The van der Waals surface area contributed by atoms with E-state index >= 15 is 0 Å². The molecule has 0 saturated heterocycles. The summed E-state index contributed by atoms with van der Waals surface area (Å²) in [6, 6.07) is 0. The molecule has 0 aromatic heterocycles. The molecular formula is C25H34O6S. The Labute approximate surface area is 193 Å². The summed E-state index contributed by atoms with van der Waals surface area (Å²) in [5, 5.41) is 9.68. The van der Waals surface area contributed by atoms with Crippen molar-refractivity contribution >= 4 is 34.4 Å². The van der Waals surface area contributed by atoms with Gasteiger partial charge < -0.3 is 9.84 Å². The van der Waals surface area contributed by atoms with Gasteiger partial charge in [-0.05, 0) is 67.8 Å². The first-order chi connectivity index (χ1) is 15.1. The molecule has 0 bridgehead atoms. The van der Waals surface area contributed by atoms with Crippen LogP contribution in [0.4, 0.5) is 0 Å². The highest BCUT2D eigenvalue weighted by atomic mass is 32.2. The molecule has 0 aliphatic heterocycles. The molecule has 176 valence electrons. The maximum Gasteiger partial charge on any atom is 0.302 e. The molecule has 3 fully saturated rings. The minimum Gasteiger partial charge on any atom is -0.465 e. The van der Waals surface area contributed by atoms with Crippen LogP contribution in [-0.4, -0.2) is 46.2 Å². The third-order valence-electron chi connectivity index (χ3n) is 9.08. The number of Topliss-reactive ketones (excluding diaryl/α,β-unsaturated/α-hetero) is 1. The fraction of sp³-hybridized carbons (Fsp3) is 0.760. The fourth-order valence-corrected chi connectivity index (χ4v) is 9.01. The van der Waals surface area contributed by atoms with Crippen molar-refractivity contribution in [3.63, 3.8) is 0 Å². The van der Waals surface area contributed by atoms with Crippen molar-refractivity contribution in [3.8, 4) is 0 Å². The molecule has 0 spiro atoms. The minimum atomic E-state index is -0.419. The zero-order chi connectivity index (χ0) is 23.3. The molecule has 4 rings (SSSR count). The van der Waals surface area contributed by atoms with Gasteiger partial charge in [0.2, 0.25) is 0 Å². The second kappa shape index (κ2) is 8.71. The Balaban J connectivity index is 1.77. The van der Waals surface area contributed by atoms with Gasteiger partial charge in [0, 0.05) is 36.9 Å². The van der Waals surface area contributed by atoms with Crippen LogP contribution in [0.3, 0.4) is 0 Å². The van der Waals surface area contributed by atoms with Crippen LogP contribution in [0.5, 0.6) is 0 Å². The van der Waals surface area contributed by atoms with E-state index in [2.05, 4.69) is 6.92 Å². The maximum atomic E-state index is 12.6. The van der Waals surface area contributed by atoms with Crippen LogP contribution in [0.2, 0.25) is 0 Å². The van der Waals surface area contributed by atoms with Crippen LogP contribution < -0.4 is 0 Å². The first-order valence-corrected chi connectivity index (χ1v) is 12.7. The van der Waals surface area contributed by atoms with E-state index in [-0.39, 0.29) is 69.0 Å². The van der Waals surface area contributed by atoms with Crippen molar-refractivity contribution < 1.29 is 29.0 Å². The second-order valence-electron chi connectivity index (χ2n) is 10.5. The molecular weight excluding hydrogens is 428 g/mol. The number of hydrogen-bond donors (Lipinski definition) is 1. The normalized spacial score (nSPS) is 40.6. The summed E-state index contributed by atoms with van der Waals surface area (Å²) in [5.74, 6) is 0.259. The summed E-state index contributed by atoms with van der Waals surface area (Å²) in [6.07, 6.45) is 6.95. The minimum absolute atomic E-state index is 0.0488. The molecule has 1 N–H and O–H groups in total. The van der Waals surface area contributed by atoms with Crippen molar-refractivity contribution in [1.82, 2.24) is 0 Å². The number of aliphatic hydroxyl groups excluding tert-OH is 1. The summed E-state index contributed by atoms with van der Waals surface area (Å²) >= 11 is 1.37. The van der Waals surface area contributed by atoms with Crippen LogP contribution >= 0.6 is 11.8 Å². The van der Waals surface area contributed by atoms with Gasteiger partial charge in [0.05, 0.1) is 0 Å². The Morgan fingerprint density at radius 1 is 1.16 bits per heavy atom. The second-order valence-corrected chi connectivity index (χ2v) is 11.9. The number of carbonyl (C=O) groups excluding carboxylic acids is 4. The first kappa shape index (κ1) is 23.7.